The first-order valence-electron chi connectivity index (χ1n) is 5.70. The summed E-state index contributed by atoms with van der Waals surface area (Å²) in [6, 6.07) is 0. The molecule has 0 saturated carbocycles. The topological polar surface area (TPSA) is 103 Å². The lowest BCUT2D eigenvalue weighted by Gasteiger charge is -2.24. The predicted octanol–water partition coefficient (Wildman–Crippen LogP) is 1.60. The molecule has 8 nitrogen and oxygen atoms in total. The zero-order valence-electron chi connectivity index (χ0n) is 11.5. The number of ether oxygens (including phenoxy) is 1. The lowest BCUT2D eigenvalue weighted by molar-refractivity contribution is -0.389. The summed E-state index contributed by atoms with van der Waals surface area (Å²) < 4.78 is 6.65. The number of hydrogen-bond donors (Lipinski definition) is 1. The molecule has 1 aromatic heterocycles. The van der Waals surface area contributed by atoms with Crippen molar-refractivity contribution >= 4 is 11.5 Å². The minimum Gasteiger partial charge on any atom is -0.411 e. The molecule has 0 spiro atoms. The molecule has 0 amide bonds. The van der Waals surface area contributed by atoms with Crippen molar-refractivity contribution in [2.75, 3.05) is 13.7 Å². The van der Waals surface area contributed by atoms with Gasteiger partial charge in [-0.05, 0) is 9.91 Å². The van der Waals surface area contributed by atoms with Crippen molar-refractivity contribution < 1.29 is 14.9 Å². The van der Waals surface area contributed by atoms with Crippen molar-refractivity contribution in [1.82, 2.24) is 9.55 Å². The molecule has 0 saturated heterocycles. The van der Waals surface area contributed by atoms with Crippen molar-refractivity contribution in [2.24, 2.45) is 10.6 Å². The summed E-state index contributed by atoms with van der Waals surface area (Å²) in [5, 5.41) is 23.1. The fourth-order valence-electron chi connectivity index (χ4n) is 1.73. The standard InChI is InChI=1S/C11H18N4O4/c1-8-12-10(15(17)18)6-14(8)5-9(13-16)11(2,3)7-19-4/h6,16H,5,7H2,1-4H3/b13-9-. The maximum Gasteiger partial charge on any atom is 0.381 e. The van der Waals surface area contributed by atoms with Gasteiger partial charge in [0.05, 0.1) is 18.9 Å². The molecule has 0 fully saturated rings. The van der Waals surface area contributed by atoms with Crippen LogP contribution >= 0.6 is 0 Å². The summed E-state index contributed by atoms with van der Waals surface area (Å²) in [7, 11) is 1.56. The van der Waals surface area contributed by atoms with Crippen LogP contribution in [-0.2, 0) is 11.3 Å². The summed E-state index contributed by atoms with van der Waals surface area (Å²) in [4.78, 5) is 13.9. The third kappa shape index (κ3) is 3.50. The van der Waals surface area contributed by atoms with Crippen LogP contribution in [0, 0.1) is 22.5 Å². The Morgan fingerprint density at radius 1 is 1.68 bits per heavy atom. The number of rotatable bonds is 6. The van der Waals surface area contributed by atoms with E-state index in [4.69, 9.17) is 9.94 Å². The van der Waals surface area contributed by atoms with Gasteiger partial charge >= 0.3 is 5.82 Å². The molecule has 1 N–H and O–H groups in total. The highest BCUT2D eigenvalue weighted by Gasteiger charge is 2.28. The Kier molecular flexibility index (Phi) is 4.60. The van der Waals surface area contributed by atoms with E-state index in [-0.39, 0.29) is 12.4 Å². The fraction of sp³-hybridized carbons (Fsp3) is 0.636. The first-order chi connectivity index (χ1) is 8.81. The SMILES string of the molecule is COCC(C)(C)/C(Cn1cc([N+](=O)[O-])nc1C)=N\O. The van der Waals surface area contributed by atoms with E-state index in [1.807, 2.05) is 13.8 Å². The minimum atomic E-state index is -0.556. The summed E-state index contributed by atoms with van der Waals surface area (Å²) >= 11 is 0. The molecule has 1 heterocycles. The fourth-order valence-corrected chi connectivity index (χ4v) is 1.73. The summed E-state index contributed by atoms with van der Waals surface area (Å²) in [6.45, 7) is 5.99. The maximum absolute atomic E-state index is 10.7. The van der Waals surface area contributed by atoms with E-state index < -0.39 is 10.3 Å². The maximum atomic E-state index is 10.7. The molecule has 19 heavy (non-hydrogen) atoms. The molecule has 106 valence electrons. The van der Waals surface area contributed by atoms with Gasteiger partial charge in [-0.2, -0.15) is 0 Å². The van der Waals surface area contributed by atoms with E-state index in [9.17, 15) is 10.1 Å². The Morgan fingerprint density at radius 2 is 2.32 bits per heavy atom. The normalized spacial score (nSPS) is 12.7. The van der Waals surface area contributed by atoms with Crippen molar-refractivity contribution in [3.05, 3.63) is 22.1 Å². The van der Waals surface area contributed by atoms with Gasteiger partial charge in [-0.25, -0.2) is 0 Å². The van der Waals surface area contributed by atoms with Crippen LogP contribution in [0.1, 0.15) is 19.7 Å². The van der Waals surface area contributed by atoms with Crippen LogP contribution in [0.25, 0.3) is 0 Å². The van der Waals surface area contributed by atoms with E-state index in [1.54, 1.807) is 18.6 Å². The number of oxime groups is 1. The number of nitrogens with zero attached hydrogens (tertiary/aromatic N) is 4. The van der Waals surface area contributed by atoms with Crippen LogP contribution in [0.4, 0.5) is 5.82 Å². The van der Waals surface area contributed by atoms with Crippen LogP contribution in [0.3, 0.4) is 0 Å². The van der Waals surface area contributed by atoms with Crippen molar-refractivity contribution in [2.45, 2.75) is 27.3 Å². The van der Waals surface area contributed by atoms with Crippen LogP contribution in [0.5, 0.6) is 0 Å². The molecular weight excluding hydrogens is 252 g/mol. The lowest BCUT2D eigenvalue weighted by atomic mass is 9.88. The molecule has 0 aliphatic rings. The van der Waals surface area contributed by atoms with E-state index in [2.05, 4.69) is 10.1 Å². The van der Waals surface area contributed by atoms with Gasteiger partial charge in [0.15, 0.2) is 0 Å². The second kappa shape index (κ2) is 5.79. The second-order valence-electron chi connectivity index (χ2n) is 4.89. The van der Waals surface area contributed by atoms with Crippen molar-refractivity contribution in [3.8, 4) is 0 Å². The van der Waals surface area contributed by atoms with E-state index >= 15 is 0 Å². The Balaban J connectivity index is 2.97. The monoisotopic (exact) mass is 270 g/mol. The molecule has 0 radical (unpaired) electrons. The van der Waals surface area contributed by atoms with Gasteiger partial charge in [0.2, 0.25) is 5.82 Å². The lowest BCUT2D eigenvalue weighted by Crippen LogP contribution is -2.32. The largest absolute Gasteiger partial charge is 0.411 e. The van der Waals surface area contributed by atoms with Crippen LogP contribution in [-0.4, -0.2) is 39.1 Å². The van der Waals surface area contributed by atoms with Gasteiger partial charge in [0, 0.05) is 19.4 Å². The Bertz CT molecular complexity index is 493. The molecule has 1 rings (SSSR count). The smallest absolute Gasteiger partial charge is 0.381 e. The highest BCUT2D eigenvalue weighted by Crippen LogP contribution is 2.20. The molecule has 0 atom stereocenters. The number of imidazole rings is 1. The number of aryl methyl sites for hydroxylation is 1. The molecule has 0 aliphatic carbocycles. The molecule has 0 bridgehead atoms. The number of aromatic nitrogens is 2. The quantitative estimate of drug-likeness (QED) is 0.366. The molecule has 0 aromatic carbocycles. The van der Waals surface area contributed by atoms with Gasteiger partial charge in [0.1, 0.15) is 6.20 Å². The summed E-state index contributed by atoms with van der Waals surface area (Å²) in [6.07, 6.45) is 1.32. The molecule has 8 heteroatoms. The average molecular weight is 270 g/mol. The van der Waals surface area contributed by atoms with Crippen LogP contribution < -0.4 is 0 Å². The third-order valence-electron chi connectivity index (χ3n) is 2.88. The molecular formula is C11H18N4O4. The van der Waals surface area contributed by atoms with E-state index in [1.165, 1.54) is 6.20 Å². The predicted molar refractivity (Wildman–Crippen MR) is 68.5 cm³/mol. The summed E-state index contributed by atoms with van der Waals surface area (Å²) in [5.74, 6) is 0.264. The van der Waals surface area contributed by atoms with Gasteiger partial charge in [0.25, 0.3) is 0 Å². The Morgan fingerprint density at radius 3 is 2.74 bits per heavy atom. The second-order valence-corrected chi connectivity index (χ2v) is 4.89. The summed E-state index contributed by atoms with van der Waals surface area (Å²) in [5.41, 5.74) is -0.0145. The highest BCUT2D eigenvalue weighted by atomic mass is 16.6. The van der Waals surface area contributed by atoms with E-state index in [0.29, 0.717) is 18.1 Å². The first-order valence-corrected chi connectivity index (χ1v) is 5.70. The third-order valence-corrected chi connectivity index (χ3v) is 2.88. The van der Waals surface area contributed by atoms with Gasteiger partial charge in [-0.15, -0.1) is 0 Å². The highest BCUT2D eigenvalue weighted by molar-refractivity contribution is 5.89. The Hall–Kier alpha value is -1.96. The van der Waals surface area contributed by atoms with Crippen molar-refractivity contribution in [3.63, 3.8) is 0 Å². The molecule has 0 aliphatic heterocycles. The van der Waals surface area contributed by atoms with E-state index in [0.717, 1.165) is 0 Å². The number of methoxy groups -OCH3 is 1. The van der Waals surface area contributed by atoms with Gasteiger partial charge in [-0.3, -0.25) is 0 Å². The Labute approximate surface area is 110 Å². The zero-order chi connectivity index (χ0) is 14.6. The average Bonchev–Trinajstić information content (AvgIpc) is 2.67. The zero-order valence-corrected chi connectivity index (χ0v) is 11.5. The molecule has 0 unspecified atom stereocenters. The van der Waals surface area contributed by atoms with Gasteiger partial charge < -0.3 is 24.6 Å². The molecule has 1 aromatic rings. The number of hydrogen-bond acceptors (Lipinski definition) is 6. The van der Waals surface area contributed by atoms with Crippen LogP contribution in [0.2, 0.25) is 0 Å². The van der Waals surface area contributed by atoms with Gasteiger partial charge in [-0.1, -0.05) is 19.0 Å². The van der Waals surface area contributed by atoms with Crippen LogP contribution in [0.15, 0.2) is 11.4 Å². The minimum absolute atomic E-state index is 0.222. The van der Waals surface area contributed by atoms with Crippen molar-refractivity contribution in [1.29, 1.82) is 0 Å². The number of nitro groups is 1. The first kappa shape index (κ1) is 15.1.